The number of carbonyl (C=O) groups excluding carboxylic acids is 1. The van der Waals surface area contributed by atoms with Crippen LogP contribution in [0.25, 0.3) is 0 Å². The molecule has 0 aromatic carbocycles. The summed E-state index contributed by atoms with van der Waals surface area (Å²) in [5.74, 6) is -0.572. The number of esters is 1. The molecule has 0 saturated carbocycles. The van der Waals surface area contributed by atoms with Crippen molar-refractivity contribution in [3.8, 4) is 0 Å². The fourth-order valence-corrected chi connectivity index (χ4v) is 2.17. The SMILES string of the molecule is CCCCC(CCCCC(=O)O)CC(=O)OC(C)(C)C. The van der Waals surface area contributed by atoms with Gasteiger partial charge in [-0.3, -0.25) is 9.59 Å². The van der Waals surface area contributed by atoms with E-state index in [0.717, 1.165) is 32.1 Å². The van der Waals surface area contributed by atoms with Crippen molar-refractivity contribution in [3.05, 3.63) is 0 Å². The van der Waals surface area contributed by atoms with Gasteiger partial charge in [0.1, 0.15) is 5.60 Å². The van der Waals surface area contributed by atoms with Gasteiger partial charge >= 0.3 is 11.9 Å². The molecule has 0 aliphatic heterocycles. The first-order valence-electron chi connectivity index (χ1n) is 7.68. The molecule has 4 heteroatoms. The lowest BCUT2D eigenvalue weighted by molar-refractivity contribution is -0.156. The lowest BCUT2D eigenvalue weighted by Crippen LogP contribution is -2.25. The zero-order valence-corrected chi connectivity index (χ0v) is 13.4. The van der Waals surface area contributed by atoms with E-state index in [-0.39, 0.29) is 12.4 Å². The van der Waals surface area contributed by atoms with Crippen LogP contribution in [-0.2, 0) is 14.3 Å². The van der Waals surface area contributed by atoms with E-state index < -0.39 is 11.6 Å². The van der Waals surface area contributed by atoms with Crippen molar-refractivity contribution in [2.75, 3.05) is 0 Å². The van der Waals surface area contributed by atoms with E-state index >= 15 is 0 Å². The van der Waals surface area contributed by atoms with Crippen LogP contribution in [0.1, 0.15) is 79.1 Å². The van der Waals surface area contributed by atoms with Crippen molar-refractivity contribution in [3.63, 3.8) is 0 Å². The molecule has 0 spiro atoms. The quantitative estimate of drug-likeness (QED) is 0.483. The Bertz CT molecular complexity index is 291. The second kappa shape index (κ2) is 9.78. The Morgan fingerprint density at radius 2 is 1.70 bits per heavy atom. The molecule has 118 valence electrons. The summed E-state index contributed by atoms with van der Waals surface area (Å²) in [5, 5.41) is 8.62. The average Bonchev–Trinajstić information content (AvgIpc) is 2.28. The van der Waals surface area contributed by atoms with Crippen molar-refractivity contribution in [1.82, 2.24) is 0 Å². The number of hydrogen-bond donors (Lipinski definition) is 1. The standard InChI is InChI=1S/C16H30O4/c1-5-6-9-13(10-7-8-11-14(17)18)12-15(19)20-16(2,3)4/h13H,5-12H2,1-4H3,(H,17,18). The molecule has 0 aliphatic carbocycles. The van der Waals surface area contributed by atoms with Crippen LogP contribution in [0.4, 0.5) is 0 Å². The predicted octanol–water partition coefficient (Wildman–Crippen LogP) is 4.17. The summed E-state index contributed by atoms with van der Waals surface area (Å²) in [5.41, 5.74) is -0.435. The Morgan fingerprint density at radius 3 is 2.20 bits per heavy atom. The van der Waals surface area contributed by atoms with E-state index in [0.29, 0.717) is 18.8 Å². The maximum Gasteiger partial charge on any atom is 0.306 e. The van der Waals surface area contributed by atoms with Gasteiger partial charge in [-0.25, -0.2) is 0 Å². The number of ether oxygens (including phenoxy) is 1. The molecule has 1 unspecified atom stereocenters. The smallest absolute Gasteiger partial charge is 0.306 e. The molecule has 0 heterocycles. The van der Waals surface area contributed by atoms with Gasteiger partial charge in [-0.2, -0.15) is 0 Å². The van der Waals surface area contributed by atoms with E-state index in [4.69, 9.17) is 9.84 Å². The Balaban J connectivity index is 4.12. The molecule has 0 aromatic heterocycles. The van der Waals surface area contributed by atoms with Gasteiger partial charge in [0.25, 0.3) is 0 Å². The average molecular weight is 286 g/mol. The molecule has 0 radical (unpaired) electrons. The van der Waals surface area contributed by atoms with E-state index in [1.54, 1.807) is 0 Å². The molecule has 1 N–H and O–H groups in total. The topological polar surface area (TPSA) is 63.6 Å². The van der Waals surface area contributed by atoms with E-state index in [1.807, 2.05) is 20.8 Å². The molecule has 0 amide bonds. The monoisotopic (exact) mass is 286 g/mol. The van der Waals surface area contributed by atoms with Crippen molar-refractivity contribution < 1.29 is 19.4 Å². The van der Waals surface area contributed by atoms with Crippen molar-refractivity contribution >= 4 is 11.9 Å². The molecule has 0 bridgehead atoms. The van der Waals surface area contributed by atoms with E-state index in [9.17, 15) is 9.59 Å². The van der Waals surface area contributed by atoms with Crippen molar-refractivity contribution in [2.24, 2.45) is 5.92 Å². The summed E-state index contributed by atoms with van der Waals surface area (Å²) in [6.07, 6.45) is 6.36. The fraction of sp³-hybridized carbons (Fsp3) is 0.875. The van der Waals surface area contributed by atoms with Crippen molar-refractivity contribution in [1.29, 1.82) is 0 Å². The summed E-state index contributed by atoms with van der Waals surface area (Å²) in [7, 11) is 0. The lowest BCUT2D eigenvalue weighted by atomic mass is 9.92. The van der Waals surface area contributed by atoms with Gasteiger partial charge in [-0.1, -0.05) is 26.2 Å². The minimum atomic E-state index is -0.748. The lowest BCUT2D eigenvalue weighted by Gasteiger charge is -2.22. The zero-order valence-electron chi connectivity index (χ0n) is 13.4. The number of aliphatic carboxylic acids is 1. The highest BCUT2D eigenvalue weighted by molar-refractivity contribution is 5.70. The van der Waals surface area contributed by atoms with Gasteiger partial charge < -0.3 is 9.84 Å². The second-order valence-corrected chi connectivity index (χ2v) is 6.44. The van der Waals surface area contributed by atoms with Crippen LogP contribution >= 0.6 is 0 Å². The molecule has 0 rings (SSSR count). The molecular weight excluding hydrogens is 256 g/mol. The first-order valence-corrected chi connectivity index (χ1v) is 7.68. The van der Waals surface area contributed by atoms with Gasteiger partial charge in [0, 0.05) is 12.8 Å². The highest BCUT2D eigenvalue weighted by atomic mass is 16.6. The maximum atomic E-state index is 11.9. The van der Waals surface area contributed by atoms with Crippen LogP contribution < -0.4 is 0 Å². The van der Waals surface area contributed by atoms with Crippen LogP contribution in [0.15, 0.2) is 0 Å². The normalized spacial score (nSPS) is 13.0. The number of hydrogen-bond acceptors (Lipinski definition) is 3. The third-order valence-corrected chi connectivity index (χ3v) is 3.09. The zero-order chi connectivity index (χ0) is 15.6. The van der Waals surface area contributed by atoms with Gasteiger partial charge in [-0.05, 0) is 46.0 Å². The number of carbonyl (C=O) groups is 2. The fourth-order valence-electron chi connectivity index (χ4n) is 2.17. The third-order valence-electron chi connectivity index (χ3n) is 3.09. The largest absolute Gasteiger partial charge is 0.481 e. The second-order valence-electron chi connectivity index (χ2n) is 6.44. The number of unbranched alkanes of at least 4 members (excludes halogenated alkanes) is 2. The molecule has 0 aromatic rings. The summed E-state index contributed by atoms with van der Waals surface area (Å²) < 4.78 is 5.36. The van der Waals surface area contributed by atoms with Gasteiger partial charge in [0.15, 0.2) is 0 Å². The molecule has 0 aliphatic rings. The van der Waals surface area contributed by atoms with Gasteiger partial charge in [0.05, 0.1) is 0 Å². The van der Waals surface area contributed by atoms with Crippen LogP contribution in [0.2, 0.25) is 0 Å². The molecular formula is C16H30O4. The first kappa shape index (κ1) is 18.9. The number of rotatable bonds is 10. The van der Waals surface area contributed by atoms with Gasteiger partial charge in [-0.15, -0.1) is 0 Å². The van der Waals surface area contributed by atoms with E-state index in [1.165, 1.54) is 0 Å². The molecule has 0 saturated heterocycles. The molecule has 20 heavy (non-hydrogen) atoms. The van der Waals surface area contributed by atoms with Crippen LogP contribution in [0.3, 0.4) is 0 Å². The Labute approximate surface area is 122 Å². The Hall–Kier alpha value is -1.06. The van der Waals surface area contributed by atoms with Crippen molar-refractivity contribution in [2.45, 2.75) is 84.7 Å². The molecule has 4 nitrogen and oxygen atoms in total. The molecule has 1 atom stereocenters. The minimum absolute atomic E-state index is 0.142. The Morgan fingerprint density at radius 1 is 1.10 bits per heavy atom. The summed E-state index contributed by atoms with van der Waals surface area (Å²) in [6.45, 7) is 7.76. The highest BCUT2D eigenvalue weighted by Crippen LogP contribution is 2.22. The van der Waals surface area contributed by atoms with E-state index in [2.05, 4.69) is 6.92 Å². The minimum Gasteiger partial charge on any atom is -0.481 e. The maximum absolute atomic E-state index is 11.9. The van der Waals surface area contributed by atoms with Gasteiger partial charge in [0.2, 0.25) is 0 Å². The van der Waals surface area contributed by atoms with Crippen LogP contribution in [0, 0.1) is 5.92 Å². The summed E-state index contributed by atoms with van der Waals surface area (Å²) in [6, 6.07) is 0. The highest BCUT2D eigenvalue weighted by Gasteiger charge is 2.20. The van der Waals surface area contributed by atoms with Crippen LogP contribution in [-0.4, -0.2) is 22.6 Å². The number of carboxylic acid groups (broad SMARTS) is 1. The molecule has 0 fully saturated rings. The predicted molar refractivity (Wildman–Crippen MR) is 79.6 cm³/mol. The van der Waals surface area contributed by atoms with Crippen LogP contribution in [0.5, 0.6) is 0 Å². The third kappa shape index (κ3) is 12.0. The summed E-state index contributed by atoms with van der Waals surface area (Å²) >= 11 is 0. The first-order chi connectivity index (χ1) is 9.24. The Kier molecular flexibility index (Phi) is 9.26. The summed E-state index contributed by atoms with van der Waals surface area (Å²) in [4.78, 5) is 22.3. The number of carboxylic acids is 1.